The number of rotatable bonds is 6. The van der Waals surface area contributed by atoms with Gasteiger partial charge in [0.1, 0.15) is 11.6 Å². The molecule has 0 atom stereocenters. The fourth-order valence-electron chi connectivity index (χ4n) is 1.37. The Hall–Kier alpha value is -1.92. The smallest absolute Gasteiger partial charge is 0.387 e. The zero-order chi connectivity index (χ0) is 14.3. The molecule has 19 heavy (non-hydrogen) atoms. The molecule has 0 aliphatic heterocycles. The van der Waals surface area contributed by atoms with E-state index in [1.165, 1.54) is 12.1 Å². The highest BCUT2D eigenvalue weighted by atomic mass is 19.3. The zero-order valence-corrected chi connectivity index (χ0v) is 10.5. The summed E-state index contributed by atoms with van der Waals surface area (Å²) in [7, 11) is 0. The molecule has 0 heterocycles. The van der Waals surface area contributed by atoms with E-state index in [4.69, 9.17) is 5.73 Å². The van der Waals surface area contributed by atoms with Crippen LogP contribution in [-0.2, 0) is 6.54 Å². The maximum Gasteiger partial charge on any atom is 0.387 e. The first kappa shape index (κ1) is 15.1. The number of nitrogens with zero attached hydrogens (tertiary/aromatic N) is 1. The molecule has 1 aromatic rings. The van der Waals surface area contributed by atoms with E-state index in [9.17, 15) is 13.2 Å². The molecular formula is C12H16F3N3O. The summed E-state index contributed by atoms with van der Waals surface area (Å²) in [5.41, 5.74) is 5.48. The van der Waals surface area contributed by atoms with Gasteiger partial charge in [0.05, 0.1) is 12.1 Å². The Morgan fingerprint density at radius 2 is 2.21 bits per heavy atom. The van der Waals surface area contributed by atoms with Crippen LogP contribution >= 0.6 is 0 Å². The van der Waals surface area contributed by atoms with Crippen LogP contribution in [0.2, 0.25) is 0 Å². The molecule has 0 aliphatic rings. The highest BCUT2D eigenvalue weighted by Gasteiger charge is 2.13. The molecule has 1 rings (SSSR count). The molecule has 3 N–H and O–H groups in total. The highest BCUT2D eigenvalue weighted by molar-refractivity contribution is 5.77. The van der Waals surface area contributed by atoms with Crippen molar-refractivity contribution in [1.29, 1.82) is 0 Å². The second kappa shape index (κ2) is 7.50. The number of ether oxygens (including phenoxy) is 1. The van der Waals surface area contributed by atoms with Crippen molar-refractivity contribution in [3.8, 4) is 5.75 Å². The first-order chi connectivity index (χ1) is 9.04. The number of benzene rings is 1. The van der Waals surface area contributed by atoms with Gasteiger partial charge in [-0.15, -0.1) is 0 Å². The summed E-state index contributed by atoms with van der Waals surface area (Å²) in [6.07, 6.45) is 0.857. The van der Waals surface area contributed by atoms with E-state index in [0.29, 0.717) is 6.54 Å². The fraction of sp³-hybridized carbons (Fsp3) is 0.417. The van der Waals surface area contributed by atoms with E-state index < -0.39 is 12.4 Å². The third kappa shape index (κ3) is 5.07. The molecule has 0 unspecified atom stereocenters. The SMILES string of the molecule is CCCNC(N)=NCc1c(F)cccc1OC(F)F. The average molecular weight is 275 g/mol. The van der Waals surface area contributed by atoms with Crippen LogP contribution < -0.4 is 15.8 Å². The summed E-state index contributed by atoms with van der Waals surface area (Å²) < 4.78 is 42.1. The van der Waals surface area contributed by atoms with Crippen LogP contribution in [0.5, 0.6) is 5.75 Å². The van der Waals surface area contributed by atoms with Gasteiger partial charge < -0.3 is 15.8 Å². The molecule has 1 aromatic carbocycles. The molecule has 7 heteroatoms. The van der Waals surface area contributed by atoms with Crippen molar-refractivity contribution in [2.75, 3.05) is 6.54 Å². The van der Waals surface area contributed by atoms with Gasteiger partial charge in [0, 0.05) is 6.54 Å². The predicted octanol–water partition coefficient (Wildman–Crippen LogP) is 2.24. The second-order valence-corrected chi connectivity index (χ2v) is 3.72. The monoisotopic (exact) mass is 275 g/mol. The lowest BCUT2D eigenvalue weighted by atomic mass is 10.2. The van der Waals surface area contributed by atoms with Crippen LogP contribution in [0.3, 0.4) is 0 Å². The maximum absolute atomic E-state index is 13.5. The van der Waals surface area contributed by atoms with Gasteiger partial charge in [-0.1, -0.05) is 13.0 Å². The molecule has 0 fully saturated rings. The number of hydrogen-bond donors (Lipinski definition) is 2. The van der Waals surface area contributed by atoms with E-state index in [1.807, 2.05) is 6.92 Å². The van der Waals surface area contributed by atoms with Crippen LogP contribution in [0.15, 0.2) is 23.2 Å². The largest absolute Gasteiger partial charge is 0.434 e. The first-order valence-electron chi connectivity index (χ1n) is 5.80. The third-order valence-corrected chi connectivity index (χ3v) is 2.26. The highest BCUT2D eigenvalue weighted by Crippen LogP contribution is 2.24. The minimum atomic E-state index is -3.01. The van der Waals surface area contributed by atoms with Gasteiger partial charge >= 0.3 is 6.61 Å². The topological polar surface area (TPSA) is 59.6 Å². The maximum atomic E-state index is 13.5. The van der Waals surface area contributed by atoms with Gasteiger partial charge in [-0.25, -0.2) is 9.38 Å². The molecule has 0 spiro atoms. The number of aliphatic imine (C=N–C) groups is 1. The molecule has 0 amide bonds. The summed E-state index contributed by atoms with van der Waals surface area (Å²) in [4.78, 5) is 3.88. The van der Waals surface area contributed by atoms with Crippen LogP contribution in [0.25, 0.3) is 0 Å². The Morgan fingerprint density at radius 3 is 2.84 bits per heavy atom. The average Bonchev–Trinajstić information content (AvgIpc) is 2.35. The van der Waals surface area contributed by atoms with Crippen molar-refractivity contribution in [2.24, 2.45) is 10.7 Å². The molecular weight excluding hydrogens is 259 g/mol. The molecule has 4 nitrogen and oxygen atoms in total. The Bertz CT molecular complexity index is 438. The molecule has 0 radical (unpaired) electrons. The lowest BCUT2D eigenvalue weighted by Crippen LogP contribution is -2.32. The Morgan fingerprint density at radius 1 is 1.47 bits per heavy atom. The Balaban J connectivity index is 2.81. The van der Waals surface area contributed by atoms with Gasteiger partial charge in [0.15, 0.2) is 5.96 Å². The Kier molecular flexibility index (Phi) is 5.98. The van der Waals surface area contributed by atoms with Gasteiger partial charge in [-0.05, 0) is 18.6 Å². The van der Waals surface area contributed by atoms with Crippen LogP contribution in [0.4, 0.5) is 13.2 Å². The van der Waals surface area contributed by atoms with Crippen molar-refractivity contribution in [1.82, 2.24) is 5.32 Å². The van der Waals surface area contributed by atoms with Gasteiger partial charge in [-0.3, -0.25) is 0 Å². The van der Waals surface area contributed by atoms with E-state index in [0.717, 1.165) is 12.5 Å². The number of nitrogens with one attached hydrogen (secondary N) is 1. The van der Waals surface area contributed by atoms with Gasteiger partial charge in [-0.2, -0.15) is 8.78 Å². The Labute approximate surface area is 109 Å². The zero-order valence-electron chi connectivity index (χ0n) is 10.5. The summed E-state index contributed by atoms with van der Waals surface area (Å²) in [5.74, 6) is -0.764. The number of guanidine groups is 1. The second-order valence-electron chi connectivity index (χ2n) is 3.72. The van der Waals surface area contributed by atoms with Crippen LogP contribution in [0, 0.1) is 5.82 Å². The van der Waals surface area contributed by atoms with Crippen molar-refractivity contribution >= 4 is 5.96 Å². The van der Waals surface area contributed by atoms with Crippen LogP contribution in [-0.4, -0.2) is 19.1 Å². The van der Waals surface area contributed by atoms with E-state index in [-0.39, 0.29) is 23.8 Å². The lowest BCUT2D eigenvalue weighted by Gasteiger charge is -2.10. The summed E-state index contributed by atoms with van der Waals surface area (Å²) in [6.45, 7) is -0.601. The van der Waals surface area contributed by atoms with Crippen molar-refractivity contribution in [2.45, 2.75) is 26.5 Å². The van der Waals surface area contributed by atoms with E-state index >= 15 is 0 Å². The van der Waals surface area contributed by atoms with Crippen molar-refractivity contribution in [3.63, 3.8) is 0 Å². The predicted molar refractivity (Wildman–Crippen MR) is 66.7 cm³/mol. The van der Waals surface area contributed by atoms with Crippen LogP contribution in [0.1, 0.15) is 18.9 Å². The molecule has 0 saturated heterocycles. The van der Waals surface area contributed by atoms with Gasteiger partial charge in [0.2, 0.25) is 0 Å². The number of nitrogens with two attached hydrogens (primary N) is 1. The van der Waals surface area contributed by atoms with E-state index in [1.54, 1.807) is 0 Å². The third-order valence-electron chi connectivity index (χ3n) is 2.26. The fourth-order valence-corrected chi connectivity index (χ4v) is 1.37. The van der Waals surface area contributed by atoms with Crippen molar-refractivity contribution in [3.05, 3.63) is 29.6 Å². The summed E-state index contributed by atoms with van der Waals surface area (Å²) >= 11 is 0. The van der Waals surface area contributed by atoms with E-state index in [2.05, 4.69) is 15.0 Å². The lowest BCUT2D eigenvalue weighted by molar-refractivity contribution is -0.0506. The molecule has 106 valence electrons. The standard InChI is InChI=1S/C12H16F3N3O/c1-2-6-17-12(16)18-7-8-9(13)4-3-5-10(8)19-11(14)15/h3-5,11H,2,6-7H2,1H3,(H3,16,17,18). The summed E-state index contributed by atoms with van der Waals surface area (Å²) in [6, 6.07) is 3.70. The quantitative estimate of drug-likeness (QED) is 0.618. The molecule has 0 saturated carbocycles. The minimum absolute atomic E-state index is 0.0518. The first-order valence-corrected chi connectivity index (χ1v) is 5.80. The summed E-state index contributed by atoms with van der Waals surface area (Å²) in [5, 5.41) is 2.80. The van der Waals surface area contributed by atoms with Crippen molar-refractivity contribution < 1.29 is 17.9 Å². The van der Waals surface area contributed by atoms with Gasteiger partial charge in [0.25, 0.3) is 0 Å². The number of hydrogen-bond acceptors (Lipinski definition) is 2. The molecule has 0 bridgehead atoms. The number of alkyl halides is 2. The normalized spacial score (nSPS) is 11.7. The molecule has 0 aliphatic carbocycles. The number of halogens is 3. The molecule has 0 aromatic heterocycles. The minimum Gasteiger partial charge on any atom is -0.434 e.